The first-order chi connectivity index (χ1) is 11.5. The van der Waals surface area contributed by atoms with E-state index in [4.69, 9.17) is 5.84 Å². The predicted molar refractivity (Wildman–Crippen MR) is 107 cm³/mol. The van der Waals surface area contributed by atoms with E-state index in [1.165, 1.54) is 42.4 Å². The third-order valence-electron chi connectivity index (χ3n) is 4.66. The lowest BCUT2D eigenvalue weighted by molar-refractivity contribution is 0.519. The topological polar surface area (TPSA) is 50.4 Å². The number of unbranched alkanes of at least 4 members (excludes halogenated alkanes) is 1. The number of allylic oxidation sites excluding steroid dienone is 6. The van der Waals surface area contributed by atoms with Crippen molar-refractivity contribution >= 4 is 5.84 Å². The summed E-state index contributed by atoms with van der Waals surface area (Å²) in [6.45, 7) is 9.76. The zero-order valence-corrected chi connectivity index (χ0v) is 16.2. The Balaban J connectivity index is 2.26. The minimum atomic E-state index is 0.518. The molecule has 0 bridgehead atoms. The van der Waals surface area contributed by atoms with Gasteiger partial charge in [0.25, 0.3) is 0 Å². The van der Waals surface area contributed by atoms with Gasteiger partial charge in [-0.1, -0.05) is 34.9 Å². The summed E-state index contributed by atoms with van der Waals surface area (Å²) in [4.78, 5) is 4.48. The van der Waals surface area contributed by atoms with Crippen LogP contribution >= 0.6 is 0 Å². The third-order valence-corrected chi connectivity index (χ3v) is 4.66. The van der Waals surface area contributed by atoms with Gasteiger partial charge >= 0.3 is 0 Å². The number of rotatable bonds is 9. The van der Waals surface area contributed by atoms with Crippen molar-refractivity contribution in [2.24, 2.45) is 16.8 Å². The molecule has 0 saturated heterocycles. The molecule has 0 aromatic heterocycles. The van der Waals surface area contributed by atoms with E-state index < -0.39 is 0 Å². The van der Waals surface area contributed by atoms with Gasteiger partial charge in [0.15, 0.2) is 0 Å². The van der Waals surface area contributed by atoms with Crippen LogP contribution in [0.2, 0.25) is 0 Å². The lowest BCUT2D eigenvalue weighted by Gasteiger charge is -2.22. The first kappa shape index (κ1) is 20.7. The van der Waals surface area contributed by atoms with Gasteiger partial charge in [0.1, 0.15) is 5.84 Å². The maximum Gasteiger partial charge on any atom is 0.113 e. The van der Waals surface area contributed by atoms with E-state index in [-0.39, 0.29) is 0 Å². The van der Waals surface area contributed by atoms with E-state index >= 15 is 0 Å². The second kappa shape index (κ2) is 12.1. The van der Waals surface area contributed by atoms with E-state index in [0.29, 0.717) is 5.92 Å². The van der Waals surface area contributed by atoms with Gasteiger partial charge in [-0.05, 0) is 79.1 Å². The highest BCUT2D eigenvalue weighted by Crippen LogP contribution is 2.20. The molecule has 3 N–H and O–H groups in total. The molecule has 24 heavy (non-hydrogen) atoms. The maximum absolute atomic E-state index is 5.57. The second-order valence-corrected chi connectivity index (χ2v) is 7.29. The molecule has 0 saturated carbocycles. The van der Waals surface area contributed by atoms with E-state index in [1.54, 1.807) is 0 Å². The Morgan fingerprint density at radius 1 is 1.04 bits per heavy atom. The Labute approximate surface area is 149 Å². The van der Waals surface area contributed by atoms with Gasteiger partial charge in [-0.3, -0.25) is 4.99 Å². The van der Waals surface area contributed by atoms with Crippen LogP contribution < -0.4 is 11.3 Å². The summed E-state index contributed by atoms with van der Waals surface area (Å²) >= 11 is 0. The minimum absolute atomic E-state index is 0.518. The molecule has 136 valence electrons. The first-order valence-electron chi connectivity index (χ1n) is 9.48. The second-order valence-electron chi connectivity index (χ2n) is 7.29. The van der Waals surface area contributed by atoms with Crippen LogP contribution in [0.5, 0.6) is 0 Å². The van der Waals surface area contributed by atoms with Crippen molar-refractivity contribution < 1.29 is 0 Å². The molecule has 0 aliphatic carbocycles. The number of nitrogens with zero attached hydrogens (tertiary/aromatic N) is 1. The Morgan fingerprint density at radius 2 is 1.67 bits per heavy atom. The largest absolute Gasteiger partial charge is 0.312 e. The standard InChI is InChI=1S/C21H37N3/c1-17(2)9-5-6-10-18(3)14-15-19(4)11-7-12-20-13-8-16-23-21(20)24-22/h9-11,20H,5-8,12-16,22H2,1-4H3,(H,23,24)/b18-10+,19-11+. The summed E-state index contributed by atoms with van der Waals surface area (Å²) in [7, 11) is 0. The average molecular weight is 332 g/mol. The van der Waals surface area contributed by atoms with Crippen LogP contribution in [0, 0.1) is 5.92 Å². The van der Waals surface area contributed by atoms with Crippen molar-refractivity contribution in [1.82, 2.24) is 5.43 Å². The van der Waals surface area contributed by atoms with Gasteiger partial charge in [0.2, 0.25) is 0 Å². The molecule has 3 heteroatoms. The van der Waals surface area contributed by atoms with Crippen molar-refractivity contribution in [2.75, 3.05) is 6.54 Å². The summed E-state index contributed by atoms with van der Waals surface area (Å²) in [5, 5.41) is 0. The van der Waals surface area contributed by atoms with Crippen LogP contribution in [0.15, 0.2) is 39.9 Å². The summed E-state index contributed by atoms with van der Waals surface area (Å²) < 4.78 is 0. The quantitative estimate of drug-likeness (QED) is 0.255. The van der Waals surface area contributed by atoms with Gasteiger partial charge in [0.05, 0.1) is 0 Å². The highest BCUT2D eigenvalue weighted by Gasteiger charge is 2.17. The van der Waals surface area contributed by atoms with Gasteiger partial charge in [-0.15, -0.1) is 0 Å². The van der Waals surface area contributed by atoms with Crippen LogP contribution in [0.25, 0.3) is 0 Å². The summed E-state index contributed by atoms with van der Waals surface area (Å²) in [6, 6.07) is 0. The van der Waals surface area contributed by atoms with E-state index in [9.17, 15) is 0 Å². The van der Waals surface area contributed by atoms with Crippen molar-refractivity contribution in [2.45, 2.75) is 79.1 Å². The summed E-state index contributed by atoms with van der Waals surface area (Å²) in [6.07, 6.45) is 16.5. The lowest BCUT2D eigenvalue weighted by Crippen LogP contribution is -2.38. The molecular weight excluding hydrogens is 294 g/mol. The molecule has 1 aliphatic heterocycles. The fraction of sp³-hybridized carbons (Fsp3) is 0.667. The monoisotopic (exact) mass is 331 g/mol. The molecule has 3 nitrogen and oxygen atoms in total. The van der Waals surface area contributed by atoms with E-state index in [2.05, 4.69) is 56.3 Å². The molecule has 1 rings (SSSR count). The number of hydrogen-bond donors (Lipinski definition) is 2. The molecule has 1 atom stereocenters. The zero-order chi connectivity index (χ0) is 17.8. The van der Waals surface area contributed by atoms with E-state index in [0.717, 1.165) is 38.1 Å². The molecule has 1 aliphatic rings. The smallest absolute Gasteiger partial charge is 0.113 e. The van der Waals surface area contributed by atoms with Crippen molar-refractivity contribution in [3.05, 3.63) is 34.9 Å². The fourth-order valence-electron chi connectivity index (χ4n) is 3.08. The average Bonchev–Trinajstić information content (AvgIpc) is 2.57. The third kappa shape index (κ3) is 9.07. The van der Waals surface area contributed by atoms with Gasteiger partial charge in [0, 0.05) is 12.5 Å². The molecule has 0 fully saturated rings. The molecule has 0 spiro atoms. The summed E-state index contributed by atoms with van der Waals surface area (Å²) in [5.74, 6) is 7.09. The number of aliphatic imine (C=N–C) groups is 1. The maximum atomic E-state index is 5.57. The SMILES string of the molecule is CC(C)=CCC/C=C(\C)CC/C(C)=C/CCC1CCCN=C1NN. The van der Waals surface area contributed by atoms with Gasteiger partial charge in [-0.25, -0.2) is 5.84 Å². The highest BCUT2D eigenvalue weighted by molar-refractivity contribution is 5.84. The number of hydrogen-bond acceptors (Lipinski definition) is 3. The molecule has 0 radical (unpaired) electrons. The Kier molecular flexibility index (Phi) is 10.4. The normalized spacial score (nSPS) is 19.0. The Bertz CT molecular complexity index is 479. The molecule has 0 aromatic carbocycles. The van der Waals surface area contributed by atoms with Crippen molar-refractivity contribution in [3.8, 4) is 0 Å². The fourth-order valence-corrected chi connectivity index (χ4v) is 3.08. The summed E-state index contributed by atoms with van der Waals surface area (Å²) in [5.41, 5.74) is 7.21. The number of amidine groups is 1. The van der Waals surface area contributed by atoms with Crippen LogP contribution in [0.1, 0.15) is 79.1 Å². The van der Waals surface area contributed by atoms with Crippen molar-refractivity contribution in [1.29, 1.82) is 0 Å². The highest BCUT2D eigenvalue weighted by atomic mass is 15.3. The zero-order valence-electron chi connectivity index (χ0n) is 16.2. The number of hydrazine groups is 1. The van der Waals surface area contributed by atoms with Crippen LogP contribution in [-0.2, 0) is 0 Å². The molecule has 1 unspecified atom stereocenters. The molecule has 1 heterocycles. The molecular formula is C21H37N3. The lowest BCUT2D eigenvalue weighted by atomic mass is 9.93. The predicted octanol–water partition coefficient (Wildman–Crippen LogP) is 5.46. The number of nitrogens with two attached hydrogens (primary N) is 1. The van der Waals surface area contributed by atoms with E-state index in [1.807, 2.05) is 0 Å². The minimum Gasteiger partial charge on any atom is -0.312 e. The first-order valence-corrected chi connectivity index (χ1v) is 9.48. The van der Waals surface area contributed by atoms with Crippen LogP contribution in [0.4, 0.5) is 0 Å². The Morgan fingerprint density at radius 3 is 2.29 bits per heavy atom. The van der Waals surface area contributed by atoms with Crippen LogP contribution in [-0.4, -0.2) is 12.4 Å². The molecule has 0 amide bonds. The molecule has 0 aromatic rings. The number of nitrogens with one attached hydrogen (secondary N) is 1. The van der Waals surface area contributed by atoms with Gasteiger partial charge in [-0.2, -0.15) is 0 Å². The van der Waals surface area contributed by atoms with Gasteiger partial charge < -0.3 is 5.43 Å². The van der Waals surface area contributed by atoms with Crippen molar-refractivity contribution in [3.63, 3.8) is 0 Å². The Hall–Kier alpha value is -1.35. The van der Waals surface area contributed by atoms with Crippen LogP contribution in [0.3, 0.4) is 0 Å².